The molecule has 0 saturated carbocycles. The van der Waals surface area contributed by atoms with E-state index in [1.807, 2.05) is 0 Å². The van der Waals surface area contributed by atoms with Gasteiger partial charge in [0.15, 0.2) is 0 Å². The van der Waals surface area contributed by atoms with Crippen LogP contribution in [-0.4, -0.2) is 47.4 Å². The summed E-state index contributed by atoms with van der Waals surface area (Å²) < 4.78 is 5.48. The molecule has 1 amide bonds. The number of nitrogens with one attached hydrogen (secondary N) is 1. The van der Waals surface area contributed by atoms with Gasteiger partial charge in [-0.1, -0.05) is 277 Å². The zero-order valence-electron chi connectivity index (χ0n) is 41.4. The van der Waals surface area contributed by atoms with Crippen molar-refractivity contribution in [2.24, 2.45) is 0 Å². The average Bonchev–Trinajstić information content (AvgIpc) is 3.26. The highest BCUT2D eigenvalue weighted by molar-refractivity contribution is 5.76. The highest BCUT2D eigenvalue weighted by Gasteiger charge is 2.20. The van der Waals surface area contributed by atoms with Crippen molar-refractivity contribution in [2.75, 3.05) is 13.2 Å². The van der Waals surface area contributed by atoms with Gasteiger partial charge in [0.05, 0.1) is 25.4 Å². The third-order valence-corrected chi connectivity index (χ3v) is 13.2. The fourth-order valence-corrected chi connectivity index (χ4v) is 8.88. The summed E-state index contributed by atoms with van der Waals surface area (Å²) in [5.41, 5.74) is 0. The molecule has 0 bridgehead atoms. The quantitative estimate of drug-likeness (QED) is 0.0418. The first-order valence-corrected chi connectivity index (χ1v) is 27.8. The van der Waals surface area contributed by atoms with E-state index in [1.165, 1.54) is 244 Å². The molecule has 61 heavy (non-hydrogen) atoms. The molecule has 0 aliphatic carbocycles. The fraction of sp³-hybridized carbons (Fsp3) is 0.964. The number of unbranched alkanes of at least 4 members (excludes halogenated alkanes) is 41. The molecule has 0 radical (unpaired) electrons. The van der Waals surface area contributed by atoms with Gasteiger partial charge in [0, 0.05) is 12.8 Å². The number of hydrogen-bond acceptors (Lipinski definition) is 5. The smallest absolute Gasteiger partial charge is 0.305 e. The van der Waals surface area contributed by atoms with Crippen LogP contribution in [0.25, 0.3) is 0 Å². The predicted octanol–water partition coefficient (Wildman–Crippen LogP) is 16.7. The van der Waals surface area contributed by atoms with Crippen LogP contribution in [0.4, 0.5) is 0 Å². The number of rotatable bonds is 52. The van der Waals surface area contributed by atoms with Crippen LogP contribution in [-0.2, 0) is 14.3 Å². The highest BCUT2D eigenvalue weighted by atomic mass is 16.5. The van der Waals surface area contributed by atoms with Gasteiger partial charge in [0.1, 0.15) is 0 Å². The molecule has 2 atom stereocenters. The third kappa shape index (κ3) is 48.2. The molecule has 0 aliphatic heterocycles. The Bertz CT molecular complexity index is 867. The van der Waals surface area contributed by atoms with E-state index in [0.717, 1.165) is 38.5 Å². The van der Waals surface area contributed by atoms with E-state index in [0.29, 0.717) is 25.9 Å². The number of aliphatic hydroxyl groups is 2. The van der Waals surface area contributed by atoms with Gasteiger partial charge < -0.3 is 20.3 Å². The normalized spacial score (nSPS) is 12.5. The van der Waals surface area contributed by atoms with Gasteiger partial charge in [-0.25, -0.2) is 0 Å². The van der Waals surface area contributed by atoms with E-state index in [9.17, 15) is 19.8 Å². The molecule has 0 aliphatic rings. The first kappa shape index (κ1) is 59.9. The van der Waals surface area contributed by atoms with Gasteiger partial charge in [0.2, 0.25) is 5.91 Å². The fourth-order valence-electron chi connectivity index (χ4n) is 8.88. The summed E-state index contributed by atoms with van der Waals surface area (Å²) >= 11 is 0. The zero-order chi connectivity index (χ0) is 44.4. The maximum absolute atomic E-state index is 12.4. The summed E-state index contributed by atoms with van der Waals surface area (Å²) in [6.07, 6.45) is 58.0. The molecule has 6 nitrogen and oxygen atoms in total. The van der Waals surface area contributed by atoms with E-state index >= 15 is 0 Å². The Morgan fingerprint density at radius 1 is 0.393 bits per heavy atom. The Morgan fingerprint density at radius 2 is 0.672 bits per heavy atom. The minimum Gasteiger partial charge on any atom is -0.466 e. The van der Waals surface area contributed by atoms with Crippen molar-refractivity contribution in [3.63, 3.8) is 0 Å². The van der Waals surface area contributed by atoms with Gasteiger partial charge in [0.25, 0.3) is 0 Å². The third-order valence-electron chi connectivity index (χ3n) is 13.2. The molecule has 0 aromatic rings. The molecule has 0 saturated heterocycles. The summed E-state index contributed by atoms with van der Waals surface area (Å²) in [5.74, 6) is -0.0276. The SMILES string of the molecule is CCCCCCCCCCCCCCCCCC(=O)OCCCCCCCCCCCCCCCCCCCCC(=O)NC(CO)C(O)CCCCCCCCCCCCC. The molecule has 364 valence electrons. The number of ether oxygens (including phenoxy) is 1. The maximum Gasteiger partial charge on any atom is 0.305 e. The van der Waals surface area contributed by atoms with E-state index in [1.54, 1.807) is 0 Å². The minimum absolute atomic E-state index is 0.0108. The Hall–Kier alpha value is -1.14. The lowest BCUT2D eigenvalue weighted by Gasteiger charge is -2.22. The Labute approximate surface area is 381 Å². The van der Waals surface area contributed by atoms with Crippen LogP contribution in [0.5, 0.6) is 0 Å². The van der Waals surface area contributed by atoms with Crippen molar-refractivity contribution in [3.05, 3.63) is 0 Å². The highest BCUT2D eigenvalue weighted by Crippen LogP contribution is 2.18. The van der Waals surface area contributed by atoms with E-state index in [2.05, 4.69) is 19.2 Å². The second-order valence-electron chi connectivity index (χ2n) is 19.3. The molecule has 2 unspecified atom stereocenters. The van der Waals surface area contributed by atoms with Gasteiger partial charge >= 0.3 is 5.97 Å². The van der Waals surface area contributed by atoms with Crippen LogP contribution in [0.3, 0.4) is 0 Å². The maximum atomic E-state index is 12.4. The minimum atomic E-state index is -0.664. The van der Waals surface area contributed by atoms with Gasteiger partial charge in [-0.05, 0) is 25.7 Å². The molecular formula is C55H109NO5. The number of amides is 1. The van der Waals surface area contributed by atoms with Crippen molar-refractivity contribution in [3.8, 4) is 0 Å². The molecule has 0 aromatic heterocycles. The van der Waals surface area contributed by atoms with Crippen LogP contribution in [0.15, 0.2) is 0 Å². The van der Waals surface area contributed by atoms with Crippen LogP contribution in [0.1, 0.15) is 316 Å². The van der Waals surface area contributed by atoms with Crippen molar-refractivity contribution < 1.29 is 24.5 Å². The number of carbonyl (C=O) groups is 2. The van der Waals surface area contributed by atoms with E-state index in [-0.39, 0.29) is 18.5 Å². The van der Waals surface area contributed by atoms with Crippen LogP contribution >= 0.6 is 0 Å². The van der Waals surface area contributed by atoms with Crippen molar-refractivity contribution in [1.82, 2.24) is 5.32 Å². The molecule has 0 spiro atoms. The Morgan fingerprint density at radius 3 is 1.00 bits per heavy atom. The summed E-state index contributed by atoms with van der Waals surface area (Å²) in [6, 6.07) is -0.541. The van der Waals surface area contributed by atoms with Crippen molar-refractivity contribution >= 4 is 11.9 Å². The molecular weight excluding hydrogens is 755 g/mol. The van der Waals surface area contributed by atoms with Crippen molar-refractivity contribution in [2.45, 2.75) is 328 Å². The standard InChI is InChI=1S/C55H109NO5/c1-3-5-7-9-11-13-15-16-21-25-29-33-37-41-45-49-55(60)61-50-46-42-38-34-30-26-23-20-18-17-19-22-24-28-32-36-40-44-48-54(59)56-52(51-57)53(58)47-43-39-35-31-27-14-12-10-8-6-4-2/h52-53,57-58H,3-51H2,1-2H3,(H,56,59). The van der Waals surface area contributed by atoms with Gasteiger partial charge in [-0.3, -0.25) is 9.59 Å². The lowest BCUT2D eigenvalue weighted by molar-refractivity contribution is -0.143. The topological polar surface area (TPSA) is 95.9 Å². The van der Waals surface area contributed by atoms with Crippen molar-refractivity contribution in [1.29, 1.82) is 0 Å². The number of aliphatic hydroxyl groups excluding tert-OH is 2. The first-order valence-electron chi connectivity index (χ1n) is 27.8. The van der Waals surface area contributed by atoms with E-state index < -0.39 is 12.1 Å². The van der Waals surface area contributed by atoms with E-state index in [4.69, 9.17) is 4.74 Å². The van der Waals surface area contributed by atoms with Crippen LogP contribution < -0.4 is 5.32 Å². The summed E-state index contributed by atoms with van der Waals surface area (Å²) in [7, 11) is 0. The predicted molar refractivity (Wildman–Crippen MR) is 264 cm³/mol. The zero-order valence-corrected chi connectivity index (χ0v) is 41.4. The number of carbonyl (C=O) groups excluding carboxylic acids is 2. The lowest BCUT2D eigenvalue weighted by atomic mass is 10.0. The number of esters is 1. The molecule has 3 N–H and O–H groups in total. The van der Waals surface area contributed by atoms with Gasteiger partial charge in [-0.15, -0.1) is 0 Å². The molecule has 6 heteroatoms. The molecule has 0 rings (SSSR count). The average molecular weight is 864 g/mol. The lowest BCUT2D eigenvalue weighted by Crippen LogP contribution is -2.45. The molecule has 0 heterocycles. The summed E-state index contributed by atoms with van der Waals surface area (Å²) in [6.45, 7) is 4.95. The Balaban J connectivity index is 3.36. The first-order chi connectivity index (χ1) is 30.0. The van der Waals surface area contributed by atoms with Crippen LogP contribution in [0, 0.1) is 0 Å². The number of hydrogen-bond donors (Lipinski definition) is 3. The molecule has 0 aromatic carbocycles. The largest absolute Gasteiger partial charge is 0.466 e. The summed E-state index contributed by atoms with van der Waals surface area (Å²) in [5, 5.41) is 23.2. The molecule has 0 fully saturated rings. The van der Waals surface area contributed by atoms with Gasteiger partial charge in [-0.2, -0.15) is 0 Å². The monoisotopic (exact) mass is 864 g/mol. The summed E-state index contributed by atoms with van der Waals surface area (Å²) in [4.78, 5) is 24.5. The second kappa shape index (κ2) is 51.5. The Kier molecular flexibility index (Phi) is 50.5. The van der Waals surface area contributed by atoms with Crippen LogP contribution in [0.2, 0.25) is 0 Å². The second-order valence-corrected chi connectivity index (χ2v) is 19.3.